The molecule has 0 aliphatic carbocycles. The van der Waals surface area contributed by atoms with E-state index in [-0.39, 0.29) is 5.69 Å². The van der Waals surface area contributed by atoms with Crippen LogP contribution in [0.3, 0.4) is 0 Å². The van der Waals surface area contributed by atoms with Crippen LogP contribution in [0.15, 0.2) is 18.2 Å². The maximum Gasteiger partial charge on any atom is 0.273 e. The molecule has 18 heavy (non-hydrogen) atoms. The first-order valence-corrected chi connectivity index (χ1v) is 5.89. The van der Waals surface area contributed by atoms with E-state index in [4.69, 9.17) is 9.47 Å². The first kappa shape index (κ1) is 12.6. The molecule has 1 fully saturated rings. The van der Waals surface area contributed by atoms with E-state index in [1.54, 1.807) is 6.07 Å². The summed E-state index contributed by atoms with van der Waals surface area (Å²) in [6.07, 6.45) is 2.21. The van der Waals surface area contributed by atoms with Crippen molar-refractivity contribution in [3.63, 3.8) is 0 Å². The number of non-ortho nitro benzene ring substituents is 1. The minimum absolute atomic E-state index is 0.00480. The van der Waals surface area contributed by atoms with Crippen LogP contribution in [-0.4, -0.2) is 31.2 Å². The summed E-state index contributed by atoms with van der Waals surface area (Å²) in [5.74, 6) is 0.930. The smallest absolute Gasteiger partial charge is 0.273 e. The van der Waals surface area contributed by atoms with Gasteiger partial charge in [-0.15, -0.1) is 0 Å². The molecule has 0 bridgehead atoms. The van der Waals surface area contributed by atoms with Crippen LogP contribution in [-0.2, 0) is 0 Å². The van der Waals surface area contributed by atoms with Crippen molar-refractivity contribution in [3.8, 4) is 11.5 Å². The molecule has 0 amide bonds. The Morgan fingerprint density at radius 3 is 2.94 bits per heavy atom. The van der Waals surface area contributed by atoms with Gasteiger partial charge in [0.2, 0.25) is 0 Å². The van der Waals surface area contributed by atoms with Crippen molar-refractivity contribution in [1.82, 2.24) is 5.32 Å². The van der Waals surface area contributed by atoms with E-state index in [0.29, 0.717) is 24.1 Å². The highest BCUT2D eigenvalue weighted by Gasteiger charge is 2.17. The summed E-state index contributed by atoms with van der Waals surface area (Å²) in [4.78, 5) is 10.3. The van der Waals surface area contributed by atoms with Crippen LogP contribution in [0.25, 0.3) is 0 Å². The molecule has 98 valence electrons. The third kappa shape index (κ3) is 2.89. The number of benzene rings is 1. The molecule has 6 nitrogen and oxygen atoms in total. The summed E-state index contributed by atoms with van der Waals surface area (Å²) in [5, 5.41) is 14.0. The Hall–Kier alpha value is -1.82. The molecule has 0 radical (unpaired) electrons. The zero-order valence-corrected chi connectivity index (χ0v) is 10.2. The van der Waals surface area contributed by atoms with Gasteiger partial charge in [-0.1, -0.05) is 0 Å². The molecule has 1 heterocycles. The molecule has 0 saturated carbocycles. The number of nitro benzene ring substituents is 1. The Morgan fingerprint density at radius 2 is 2.33 bits per heavy atom. The molecular weight excluding hydrogens is 236 g/mol. The summed E-state index contributed by atoms with van der Waals surface area (Å²) < 4.78 is 10.7. The second kappa shape index (κ2) is 5.68. The lowest BCUT2D eigenvalue weighted by atomic mass is 10.2. The van der Waals surface area contributed by atoms with Crippen LogP contribution in [0, 0.1) is 10.1 Å². The fourth-order valence-corrected chi connectivity index (χ4v) is 1.98. The first-order chi connectivity index (χ1) is 8.70. The van der Waals surface area contributed by atoms with Crippen LogP contribution in [0.2, 0.25) is 0 Å². The molecule has 1 atom stereocenters. The highest BCUT2D eigenvalue weighted by Crippen LogP contribution is 2.31. The summed E-state index contributed by atoms with van der Waals surface area (Å²) in [6, 6.07) is 4.66. The third-order valence-corrected chi connectivity index (χ3v) is 2.96. The molecule has 1 saturated heterocycles. The number of nitrogens with zero attached hydrogens (tertiary/aromatic N) is 1. The van der Waals surface area contributed by atoms with Gasteiger partial charge in [-0.25, -0.2) is 0 Å². The van der Waals surface area contributed by atoms with Crippen molar-refractivity contribution in [2.45, 2.75) is 18.9 Å². The van der Waals surface area contributed by atoms with Crippen molar-refractivity contribution in [2.75, 3.05) is 20.3 Å². The predicted molar refractivity (Wildman–Crippen MR) is 66.2 cm³/mol. The van der Waals surface area contributed by atoms with Gasteiger partial charge in [0.1, 0.15) is 6.61 Å². The van der Waals surface area contributed by atoms with Crippen molar-refractivity contribution >= 4 is 5.69 Å². The third-order valence-electron chi connectivity index (χ3n) is 2.96. The van der Waals surface area contributed by atoms with Crippen molar-refractivity contribution in [3.05, 3.63) is 28.3 Å². The Morgan fingerprint density at radius 1 is 1.50 bits per heavy atom. The van der Waals surface area contributed by atoms with E-state index in [1.807, 2.05) is 0 Å². The molecule has 1 aliphatic heterocycles. The zero-order valence-electron chi connectivity index (χ0n) is 10.2. The summed E-state index contributed by atoms with van der Waals surface area (Å²) in [7, 11) is 1.52. The molecule has 1 N–H and O–H groups in total. The molecule has 0 aromatic heterocycles. The highest BCUT2D eigenvalue weighted by atomic mass is 16.6. The maximum atomic E-state index is 10.7. The van der Waals surface area contributed by atoms with E-state index in [9.17, 15) is 10.1 Å². The number of nitro groups is 1. The Kier molecular flexibility index (Phi) is 3.99. The van der Waals surface area contributed by atoms with Gasteiger partial charge in [0, 0.05) is 12.1 Å². The van der Waals surface area contributed by atoms with Gasteiger partial charge in [-0.2, -0.15) is 0 Å². The van der Waals surface area contributed by atoms with Gasteiger partial charge in [0.15, 0.2) is 11.5 Å². The molecular formula is C12H16N2O4. The number of methoxy groups -OCH3 is 1. The van der Waals surface area contributed by atoms with Crippen LogP contribution >= 0.6 is 0 Å². The van der Waals surface area contributed by atoms with E-state index < -0.39 is 4.92 Å². The Bertz CT molecular complexity index is 430. The average molecular weight is 252 g/mol. The molecule has 1 aliphatic rings. The van der Waals surface area contributed by atoms with Gasteiger partial charge in [0.05, 0.1) is 18.1 Å². The summed E-state index contributed by atoms with van der Waals surface area (Å²) in [6.45, 7) is 1.50. The summed E-state index contributed by atoms with van der Waals surface area (Å²) in [5.41, 5.74) is 0.00480. The zero-order chi connectivity index (χ0) is 13.0. The largest absolute Gasteiger partial charge is 0.493 e. The molecule has 6 heteroatoms. The maximum absolute atomic E-state index is 10.7. The van der Waals surface area contributed by atoms with Crippen LogP contribution < -0.4 is 14.8 Å². The van der Waals surface area contributed by atoms with Crippen LogP contribution in [0.4, 0.5) is 5.69 Å². The summed E-state index contributed by atoms with van der Waals surface area (Å²) >= 11 is 0. The van der Waals surface area contributed by atoms with Gasteiger partial charge in [-0.05, 0) is 25.5 Å². The number of ether oxygens (including phenoxy) is 2. The molecule has 1 aromatic rings. The standard InChI is InChI=1S/C12H16N2O4/c1-17-11-5-4-10(14(15)16)7-12(11)18-8-9-3-2-6-13-9/h4-5,7,9,13H,2-3,6,8H2,1H3/t9-/m1/s1. The number of nitrogens with one attached hydrogen (secondary N) is 1. The van der Waals surface area contributed by atoms with Gasteiger partial charge < -0.3 is 14.8 Å². The van der Waals surface area contributed by atoms with E-state index in [2.05, 4.69) is 5.32 Å². The van der Waals surface area contributed by atoms with E-state index in [0.717, 1.165) is 19.4 Å². The SMILES string of the molecule is COc1ccc([N+](=O)[O-])cc1OC[C@H]1CCCN1. The highest BCUT2D eigenvalue weighted by molar-refractivity contribution is 5.48. The second-order valence-electron chi connectivity index (χ2n) is 4.20. The molecule has 2 rings (SSSR count). The number of rotatable bonds is 5. The lowest BCUT2D eigenvalue weighted by Crippen LogP contribution is -2.28. The van der Waals surface area contributed by atoms with Gasteiger partial charge in [-0.3, -0.25) is 10.1 Å². The Balaban J connectivity index is 2.08. The quantitative estimate of drug-likeness (QED) is 0.638. The first-order valence-electron chi connectivity index (χ1n) is 5.89. The fraction of sp³-hybridized carbons (Fsp3) is 0.500. The van der Waals surface area contributed by atoms with Crippen molar-refractivity contribution < 1.29 is 14.4 Å². The second-order valence-corrected chi connectivity index (χ2v) is 4.20. The molecule has 0 spiro atoms. The van der Waals surface area contributed by atoms with E-state index in [1.165, 1.54) is 19.2 Å². The fourth-order valence-electron chi connectivity index (χ4n) is 1.98. The minimum Gasteiger partial charge on any atom is -0.493 e. The monoisotopic (exact) mass is 252 g/mol. The number of hydrogen-bond donors (Lipinski definition) is 1. The van der Waals surface area contributed by atoms with Crippen LogP contribution in [0.1, 0.15) is 12.8 Å². The average Bonchev–Trinajstić information content (AvgIpc) is 2.89. The van der Waals surface area contributed by atoms with E-state index >= 15 is 0 Å². The van der Waals surface area contributed by atoms with Gasteiger partial charge >= 0.3 is 0 Å². The van der Waals surface area contributed by atoms with Crippen molar-refractivity contribution in [1.29, 1.82) is 0 Å². The lowest BCUT2D eigenvalue weighted by Gasteiger charge is -2.14. The minimum atomic E-state index is -0.444. The molecule has 1 aromatic carbocycles. The predicted octanol–water partition coefficient (Wildman–Crippen LogP) is 1.73. The normalized spacial score (nSPS) is 18.6. The molecule has 0 unspecified atom stereocenters. The van der Waals surface area contributed by atoms with Crippen molar-refractivity contribution in [2.24, 2.45) is 0 Å². The van der Waals surface area contributed by atoms with Crippen LogP contribution in [0.5, 0.6) is 11.5 Å². The van der Waals surface area contributed by atoms with Gasteiger partial charge in [0.25, 0.3) is 5.69 Å². The topological polar surface area (TPSA) is 73.6 Å². The lowest BCUT2D eigenvalue weighted by molar-refractivity contribution is -0.385. The number of hydrogen-bond acceptors (Lipinski definition) is 5. The Labute approximate surface area is 105 Å².